The van der Waals surface area contributed by atoms with Gasteiger partial charge in [-0.15, -0.1) is 5.10 Å². The topological polar surface area (TPSA) is 129 Å². The Morgan fingerprint density at radius 2 is 1.62 bits per heavy atom. The molecule has 0 bridgehead atoms. The van der Waals surface area contributed by atoms with Gasteiger partial charge in [-0.1, -0.05) is 23.8 Å². The van der Waals surface area contributed by atoms with Crippen LogP contribution in [0.4, 0.5) is 26.9 Å². The van der Waals surface area contributed by atoms with Gasteiger partial charge in [-0.05, 0) is 98.1 Å². The number of benzene rings is 2. The molecule has 1 fully saturated rings. The van der Waals surface area contributed by atoms with E-state index in [1.807, 2.05) is 57.2 Å². The van der Waals surface area contributed by atoms with Crippen molar-refractivity contribution in [3.8, 4) is 0 Å². The van der Waals surface area contributed by atoms with Crippen molar-refractivity contribution in [3.05, 3.63) is 70.7 Å². The molecule has 2 aliphatic rings. The lowest BCUT2D eigenvalue weighted by Gasteiger charge is -2.24. The number of carbonyl (C=O) groups is 3. The van der Waals surface area contributed by atoms with Crippen LogP contribution in [0, 0.1) is 20.8 Å². The number of hydrogen-bond acceptors (Lipinski definition) is 9. The number of nitrogens with zero attached hydrogens (tertiary/aromatic N) is 5. The second-order valence-corrected chi connectivity index (χ2v) is 14.0. The fraction of sp³-hybridized carbons (Fsp3) is 0.412. The van der Waals surface area contributed by atoms with E-state index in [2.05, 4.69) is 20.4 Å². The zero-order valence-corrected chi connectivity index (χ0v) is 27.1. The van der Waals surface area contributed by atoms with E-state index in [0.717, 1.165) is 22.4 Å². The third-order valence-corrected chi connectivity index (χ3v) is 7.98. The summed E-state index contributed by atoms with van der Waals surface area (Å²) < 4.78 is 12.6. The molecule has 3 heterocycles. The van der Waals surface area contributed by atoms with E-state index in [0.29, 0.717) is 40.3 Å². The van der Waals surface area contributed by atoms with Crippen molar-refractivity contribution < 1.29 is 23.9 Å². The molecule has 6 rings (SSSR count). The van der Waals surface area contributed by atoms with Crippen molar-refractivity contribution >= 4 is 46.3 Å². The number of imide groups is 1. The van der Waals surface area contributed by atoms with E-state index in [4.69, 9.17) is 9.47 Å². The fourth-order valence-corrected chi connectivity index (χ4v) is 5.97. The summed E-state index contributed by atoms with van der Waals surface area (Å²) in [6.45, 7) is 16.4. The van der Waals surface area contributed by atoms with Crippen molar-refractivity contribution in [1.82, 2.24) is 19.7 Å². The molecule has 1 N–H and O–H groups in total. The Labute approximate surface area is 261 Å². The van der Waals surface area contributed by atoms with Gasteiger partial charge in [0.25, 0.3) is 0 Å². The summed E-state index contributed by atoms with van der Waals surface area (Å²) >= 11 is 0. The van der Waals surface area contributed by atoms with Crippen molar-refractivity contribution in [2.45, 2.75) is 91.3 Å². The maximum atomic E-state index is 14.1. The highest BCUT2D eigenvalue weighted by atomic mass is 16.6. The second-order valence-electron chi connectivity index (χ2n) is 14.0. The third kappa shape index (κ3) is 5.30. The number of carbonyl (C=O) groups excluding carboxylic acids is 3. The van der Waals surface area contributed by atoms with Gasteiger partial charge in [0, 0.05) is 17.5 Å². The third-order valence-electron chi connectivity index (χ3n) is 7.98. The van der Waals surface area contributed by atoms with E-state index in [-0.39, 0.29) is 11.8 Å². The SMILES string of the molecule is Cc1ccc2c(c1)[C@]1(C[C@H]1c1ccc3c(Nc4nc(C)cnc4C)nn(C(=O)OC(C)(C)C)c3c1)C(=O)N2C(=O)OC(C)(C)C. The average molecular weight is 611 g/mol. The van der Waals surface area contributed by atoms with Crippen molar-refractivity contribution in [2.75, 3.05) is 10.2 Å². The summed E-state index contributed by atoms with van der Waals surface area (Å²) in [5, 5.41) is 8.53. The lowest BCUT2D eigenvalue weighted by Crippen LogP contribution is -2.41. The Morgan fingerprint density at radius 1 is 0.933 bits per heavy atom. The summed E-state index contributed by atoms with van der Waals surface area (Å²) in [4.78, 5) is 50.9. The predicted molar refractivity (Wildman–Crippen MR) is 170 cm³/mol. The molecule has 0 radical (unpaired) electrons. The van der Waals surface area contributed by atoms with Gasteiger partial charge in [-0.2, -0.15) is 4.68 Å². The first-order chi connectivity index (χ1) is 21.0. The summed E-state index contributed by atoms with van der Waals surface area (Å²) in [5.41, 5.74) is 2.68. The number of aromatic nitrogens is 4. The number of fused-ring (bicyclic) bond motifs is 3. The van der Waals surface area contributed by atoms with Crippen molar-refractivity contribution in [3.63, 3.8) is 0 Å². The Kier molecular flexibility index (Phi) is 6.80. The van der Waals surface area contributed by atoms with Crippen LogP contribution in [0.2, 0.25) is 0 Å². The highest BCUT2D eigenvalue weighted by molar-refractivity contribution is 6.23. The Morgan fingerprint density at radius 3 is 2.31 bits per heavy atom. The van der Waals surface area contributed by atoms with Crippen LogP contribution >= 0.6 is 0 Å². The van der Waals surface area contributed by atoms with Crippen LogP contribution in [-0.4, -0.2) is 49.0 Å². The zero-order chi connectivity index (χ0) is 32.6. The number of ether oxygens (including phenoxy) is 2. The summed E-state index contributed by atoms with van der Waals surface area (Å²) in [7, 11) is 0. The van der Waals surface area contributed by atoms with Gasteiger partial charge in [0.1, 0.15) is 11.2 Å². The highest BCUT2D eigenvalue weighted by Crippen LogP contribution is 2.66. The fourth-order valence-electron chi connectivity index (χ4n) is 5.97. The standard InChI is InChI=1S/C34H38N6O5/c1-18-10-13-25-23(14-18)34(29(41)39(25)30(42)44-32(4,5)6)16-24(34)21-11-12-22-26(15-21)40(31(43)45-33(7,8)9)38-28(22)37-27-20(3)35-17-19(2)36-27/h10-15,17,24H,16H2,1-9H3,(H,36,37,38)/t24-,34-/m0/s1. The number of hydrogen-bond donors (Lipinski definition) is 1. The first-order valence-electron chi connectivity index (χ1n) is 15.0. The summed E-state index contributed by atoms with van der Waals surface area (Å²) in [5.74, 6) is 0.413. The average Bonchev–Trinajstić information content (AvgIpc) is 3.51. The van der Waals surface area contributed by atoms with Gasteiger partial charge >= 0.3 is 12.2 Å². The van der Waals surface area contributed by atoms with Crippen LogP contribution in [0.5, 0.6) is 0 Å². The van der Waals surface area contributed by atoms with E-state index in [1.165, 1.54) is 9.58 Å². The predicted octanol–water partition coefficient (Wildman–Crippen LogP) is 6.99. The molecule has 0 unspecified atom stereocenters. The summed E-state index contributed by atoms with van der Waals surface area (Å²) in [6.07, 6.45) is 0.869. The highest BCUT2D eigenvalue weighted by Gasteiger charge is 2.68. The largest absolute Gasteiger partial charge is 0.443 e. The van der Waals surface area contributed by atoms with Gasteiger partial charge in [0.05, 0.1) is 28.0 Å². The normalized spacial score (nSPS) is 19.2. The molecule has 45 heavy (non-hydrogen) atoms. The van der Waals surface area contributed by atoms with E-state index < -0.39 is 28.8 Å². The molecule has 2 aromatic heterocycles. The molecule has 1 spiro atoms. The van der Waals surface area contributed by atoms with Crippen LogP contribution in [0.1, 0.15) is 82.0 Å². The molecule has 1 aliphatic heterocycles. The molecule has 2 aromatic carbocycles. The monoisotopic (exact) mass is 610 g/mol. The van der Waals surface area contributed by atoms with Gasteiger partial charge < -0.3 is 14.8 Å². The van der Waals surface area contributed by atoms with Gasteiger partial charge in [-0.3, -0.25) is 9.78 Å². The smallest absolute Gasteiger partial charge is 0.435 e. The van der Waals surface area contributed by atoms with E-state index in [1.54, 1.807) is 47.7 Å². The number of aryl methyl sites for hydroxylation is 3. The first kappa shape index (κ1) is 30.2. The zero-order valence-electron chi connectivity index (χ0n) is 27.1. The maximum absolute atomic E-state index is 14.1. The maximum Gasteiger partial charge on any atom is 0.435 e. The van der Waals surface area contributed by atoms with Crippen molar-refractivity contribution in [2.24, 2.45) is 0 Å². The molecule has 4 aromatic rings. The molecule has 2 atom stereocenters. The van der Waals surface area contributed by atoms with E-state index in [9.17, 15) is 14.4 Å². The van der Waals surface area contributed by atoms with Crippen LogP contribution in [0.3, 0.4) is 0 Å². The quantitative estimate of drug-likeness (QED) is 0.261. The summed E-state index contributed by atoms with van der Waals surface area (Å²) in [6, 6.07) is 11.4. The lowest BCUT2D eigenvalue weighted by atomic mass is 9.91. The van der Waals surface area contributed by atoms with Crippen molar-refractivity contribution in [1.29, 1.82) is 0 Å². The minimum atomic E-state index is -0.919. The molecule has 11 heteroatoms. The molecule has 1 aliphatic carbocycles. The number of anilines is 3. The number of amides is 2. The molecule has 1 saturated carbocycles. The Balaban J connectivity index is 1.43. The molecular weight excluding hydrogens is 572 g/mol. The van der Waals surface area contributed by atoms with Crippen LogP contribution in [0.25, 0.3) is 10.9 Å². The van der Waals surface area contributed by atoms with Gasteiger partial charge in [-0.25, -0.2) is 19.5 Å². The minimum absolute atomic E-state index is 0.231. The minimum Gasteiger partial charge on any atom is -0.443 e. The second kappa shape index (κ2) is 10.1. The Bertz CT molecular complexity index is 1900. The molecule has 234 valence electrons. The van der Waals surface area contributed by atoms with E-state index >= 15 is 0 Å². The lowest BCUT2D eigenvalue weighted by molar-refractivity contribution is -0.120. The molecule has 2 amide bonds. The Hall–Kier alpha value is -4.80. The number of nitrogens with one attached hydrogen (secondary N) is 1. The molecular formula is C34H38N6O5. The van der Waals surface area contributed by atoms with Gasteiger partial charge in [0.15, 0.2) is 11.6 Å². The number of rotatable bonds is 3. The first-order valence-corrected chi connectivity index (χ1v) is 15.0. The molecule has 11 nitrogen and oxygen atoms in total. The van der Waals surface area contributed by atoms with Crippen LogP contribution in [0.15, 0.2) is 42.6 Å². The van der Waals surface area contributed by atoms with Gasteiger partial charge in [0.2, 0.25) is 5.91 Å². The van der Waals surface area contributed by atoms with Crippen LogP contribution in [-0.2, 0) is 19.7 Å². The van der Waals surface area contributed by atoms with Crippen LogP contribution < -0.4 is 10.2 Å². The molecule has 0 saturated heterocycles.